The summed E-state index contributed by atoms with van der Waals surface area (Å²) in [6.07, 6.45) is 4.67. The van der Waals surface area contributed by atoms with Crippen LogP contribution < -0.4 is 15.4 Å². The molecule has 7 nitrogen and oxygen atoms in total. The van der Waals surface area contributed by atoms with E-state index in [2.05, 4.69) is 45.0 Å². The van der Waals surface area contributed by atoms with Gasteiger partial charge in [-0.3, -0.25) is 9.67 Å². The molecule has 0 saturated carbocycles. The Labute approximate surface area is 207 Å². The number of hydrogen-bond donors (Lipinski definition) is 2. The molecule has 0 spiro atoms. The Morgan fingerprint density at radius 2 is 1.81 bits per heavy atom. The van der Waals surface area contributed by atoms with E-state index in [1.807, 2.05) is 41.2 Å². The second kappa shape index (κ2) is 14.5. The van der Waals surface area contributed by atoms with E-state index in [1.165, 1.54) is 11.1 Å². The fraction of sp³-hybridized carbons (Fsp3) is 0.333. The Bertz CT molecular complexity index is 930. The molecule has 8 heteroatoms. The second-order valence-electron chi connectivity index (χ2n) is 7.08. The first-order valence-electron chi connectivity index (χ1n) is 10.5. The molecule has 0 bridgehead atoms. The molecule has 0 radical (unpaired) electrons. The number of halogens is 1. The average molecular weight is 549 g/mol. The lowest BCUT2D eigenvalue weighted by Crippen LogP contribution is -2.37. The van der Waals surface area contributed by atoms with Gasteiger partial charge in [0, 0.05) is 39.1 Å². The molecular formula is C24H32IN5O2. The Hall–Kier alpha value is -2.59. The van der Waals surface area contributed by atoms with Gasteiger partial charge in [-0.25, -0.2) is 0 Å². The minimum Gasteiger partial charge on any atom is -0.497 e. The number of nitrogens with one attached hydrogen (secondary N) is 2. The first kappa shape index (κ1) is 25.7. The van der Waals surface area contributed by atoms with Gasteiger partial charge < -0.3 is 20.1 Å². The van der Waals surface area contributed by atoms with Crippen molar-refractivity contribution in [1.82, 2.24) is 20.4 Å². The van der Waals surface area contributed by atoms with Crippen molar-refractivity contribution < 1.29 is 9.47 Å². The molecule has 2 aromatic carbocycles. The number of benzene rings is 2. The van der Waals surface area contributed by atoms with E-state index in [4.69, 9.17) is 9.47 Å². The van der Waals surface area contributed by atoms with E-state index < -0.39 is 0 Å². The lowest BCUT2D eigenvalue weighted by Gasteiger charge is -2.14. The van der Waals surface area contributed by atoms with Crippen LogP contribution >= 0.6 is 24.0 Å². The van der Waals surface area contributed by atoms with Gasteiger partial charge >= 0.3 is 0 Å². The molecule has 3 aromatic rings. The lowest BCUT2D eigenvalue weighted by atomic mass is 10.1. The van der Waals surface area contributed by atoms with Crippen molar-refractivity contribution in [2.45, 2.75) is 26.1 Å². The van der Waals surface area contributed by atoms with Gasteiger partial charge in [0.15, 0.2) is 5.96 Å². The zero-order valence-corrected chi connectivity index (χ0v) is 21.0. The van der Waals surface area contributed by atoms with E-state index in [0.717, 1.165) is 36.8 Å². The number of methoxy groups -OCH3 is 1. The molecule has 1 aromatic heterocycles. The van der Waals surface area contributed by atoms with Crippen molar-refractivity contribution in [2.24, 2.45) is 4.99 Å². The van der Waals surface area contributed by atoms with Gasteiger partial charge in [0.2, 0.25) is 0 Å². The maximum atomic E-state index is 5.75. The summed E-state index contributed by atoms with van der Waals surface area (Å²) in [7, 11) is 3.45. The van der Waals surface area contributed by atoms with Crippen LogP contribution in [-0.2, 0) is 24.4 Å². The highest BCUT2D eigenvalue weighted by molar-refractivity contribution is 14.0. The predicted molar refractivity (Wildman–Crippen MR) is 139 cm³/mol. The highest BCUT2D eigenvalue weighted by Gasteiger charge is 2.05. The van der Waals surface area contributed by atoms with Gasteiger partial charge in [-0.05, 0) is 41.3 Å². The van der Waals surface area contributed by atoms with Crippen LogP contribution in [0.5, 0.6) is 5.75 Å². The Kier molecular flexibility index (Phi) is 11.6. The topological polar surface area (TPSA) is 72.7 Å². The summed E-state index contributed by atoms with van der Waals surface area (Å²) in [5, 5.41) is 11.0. The van der Waals surface area contributed by atoms with E-state index in [1.54, 1.807) is 20.4 Å². The van der Waals surface area contributed by atoms with Gasteiger partial charge in [-0.1, -0.05) is 36.4 Å². The first-order valence-corrected chi connectivity index (χ1v) is 10.5. The molecule has 0 amide bonds. The molecule has 1 heterocycles. The standard InChI is InChI=1S/C24H31N5O2.HI/c1-25-24(26-13-6-16-31-19-20-9-11-23(30-2)12-10-20)27-17-21-7-3-4-8-22(21)18-29-15-5-14-28-29;/h3-5,7-12,14-15H,6,13,16-19H2,1-2H3,(H2,25,26,27);1H. The summed E-state index contributed by atoms with van der Waals surface area (Å²) >= 11 is 0. The molecule has 0 unspecified atom stereocenters. The van der Waals surface area contributed by atoms with Crippen molar-refractivity contribution >= 4 is 29.9 Å². The predicted octanol–water partition coefficient (Wildman–Crippen LogP) is 3.83. The molecule has 0 aliphatic carbocycles. The van der Waals surface area contributed by atoms with Gasteiger partial charge in [0.05, 0.1) is 20.3 Å². The third-order valence-electron chi connectivity index (χ3n) is 4.87. The molecule has 0 fully saturated rings. The largest absolute Gasteiger partial charge is 0.497 e. The molecule has 0 atom stereocenters. The number of nitrogens with zero attached hydrogens (tertiary/aromatic N) is 3. The SMILES string of the molecule is CN=C(NCCCOCc1ccc(OC)cc1)NCc1ccccc1Cn1cccn1.I. The smallest absolute Gasteiger partial charge is 0.191 e. The Morgan fingerprint density at radius 3 is 2.50 bits per heavy atom. The maximum Gasteiger partial charge on any atom is 0.191 e. The van der Waals surface area contributed by atoms with Crippen LogP contribution in [0.2, 0.25) is 0 Å². The number of aliphatic imine (C=N–C) groups is 1. The third kappa shape index (κ3) is 8.51. The van der Waals surface area contributed by atoms with Crippen molar-refractivity contribution in [3.05, 3.63) is 83.7 Å². The highest BCUT2D eigenvalue weighted by atomic mass is 127. The number of rotatable bonds is 11. The highest BCUT2D eigenvalue weighted by Crippen LogP contribution is 2.12. The first-order chi connectivity index (χ1) is 15.3. The average Bonchev–Trinajstić information content (AvgIpc) is 3.32. The van der Waals surface area contributed by atoms with Crippen LogP contribution in [0, 0.1) is 0 Å². The molecule has 2 N–H and O–H groups in total. The van der Waals surface area contributed by atoms with Crippen LogP contribution in [0.4, 0.5) is 0 Å². The fourth-order valence-corrected chi connectivity index (χ4v) is 3.15. The summed E-state index contributed by atoms with van der Waals surface area (Å²) in [6, 6.07) is 18.3. The number of hydrogen-bond acceptors (Lipinski definition) is 4. The summed E-state index contributed by atoms with van der Waals surface area (Å²) in [6.45, 7) is 3.53. The van der Waals surface area contributed by atoms with Crippen molar-refractivity contribution in [1.29, 1.82) is 0 Å². The third-order valence-corrected chi connectivity index (χ3v) is 4.87. The number of ether oxygens (including phenoxy) is 2. The minimum atomic E-state index is 0. The van der Waals surface area contributed by atoms with Crippen LogP contribution in [0.15, 0.2) is 72.0 Å². The molecule has 172 valence electrons. The zero-order valence-electron chi connectivity index (χ0n) is 18.7. The molecule has 3 rings (SSSR count). The second-order valence-corrected chi connectivity index (χ2v) is 7.08. The van der Waals surface area contributed by atoms with Gasteiger partial charge in [0.1, 0.15) is 5.75 Å². The Morgan fingerprint density at radius 1 is 1.03 bits per heavy atom. The van der Waals surface area contributed by atoms with Crippen molar-refractivity contribution in [2.75, 3.05) is 27.3 Å². The molecule has 32 heavy (non-hydrogen) atoms. The van der Waals surface area contributed by atoms with Crippen molar-refractivity contribution in [3.8, 4) is 5.75 Å². The number of aromatic nitrogens is 2. The molecule has 0 aliphatic rings. The van der Waals surface area contributed by atoms with Crippen LogP contribution in [0.25, 0.3) is 0 Å². The molecule has 0 saturated heterocycles. The number of guanidine groups is 1. The van der Waals surface area contributed by atoms with Crippen LogP contribution in [0.3, 0.4) is 0 Å². The summed E-state index contributed by atoms with van der Waals surface area (Å²) in [4.78, 5) is 4.31. The van der Waals surface area contributed by atoms with E-state index >= 15 is 0 Å². The summed E-state index contributed by atoms with van der Waals surface area (Å²) < 4.78 is 12.9. The van der Waals surface area contributed by atoms with Gasteiger partial charge in [0.25, 0.3) is 0 Å². The van der Waals surface area contributed by atoms with Crippen LogP contribution in [-0.4, -0.2) is 43.0 Å². The van der Waals surface area contributed by atoms with Gasteiger partial charge in [-0.2, -0.15) is 5.10 Å². The van der Waals surface area contributed by atoms with E-state index in [-0.39, 0.29) is 24.0 Å². The monoisotopic (exact) mass is 549 g/mol. The Balaban J connectivity index is 0.00000363. The summed E-state index contributed by atoms with van der Waals surface area (Å²) in [5.41, 5.74) is 3.60. The molecule has 0 aliphatic heterocycles. The maximum absolute atomic E-state index is 5.75. The quantitative estimate of drug-likeness (QED) is 0.165. The lowest BCUT2D eigenvalue weighted by molar-refractivity contribution is 0.119. The summed E-state index contributed by atoms with van der Waals surface area (Å²) in [5.74, 6) is 1.64. The van der Waals surface area contributed by atoms with E-state index in [9.17, 15) is 0 Å². The normalized spacial score (nSPS) is 11.0. The van der Waals surface area contributed by atoms with E-state index in [0.29, 0.717) is 19.8 Å². The van der Waals surface area contributed by atoms with Crippen molar-refractivity contribution in [3.63, 3.8) is 0 Å². The minimum absolute atomic E-state index is 0. The fourth-order valence-electron chi connectivity index (χ4n) is 3.15. The molecular weight excluding hydrogens is 517 g/mol. The van der Waals surface area contributed by atoms with Crippen LogP contribution in [0.1, 0.15) is 23.1 Å². The van der Waals surface area contributed by atoms with Gasteiger partial charge in [-0.15, -0.1) is 24.0 Å². The zero-order chi connectivity index (χ0) is 21.7.